The molecule has 3 aromatic rings. The third-order valence-corrected chi connectivity index (χ3v) is 6.56. The lowest BCUT2D eigenvalue weighted by Crippen LogP contribution is -2.30. The molecule has 0 atom stereocenters. The van der Waals surface area contributed by atoms with Gasteiger partial charge in [-0.25, -0.2) is 0 Å². The molecular weight excluding hydrogens is 408 g/mol. The molecule has 0 radical (unpaired) electrons. The molecule has 2 aromatic carbocycles. The van der Waals surface area contributed by atoms with Gasteiger partial charge in [0.15, 0.2) is 0 Å². The molecule has 0 saturated carbocycles. The number of phenolic OH excluding ortho intramolecular Hbond substituents is 1. The van der Waals surface area contributed by atoms with Crippen LogP contribution in [0, 0.1) is 0 Å². The van der Waals surface area contributed by atoms with Gasteiger partial charge in [0.25, 0.3) is 0 Å². The highest BCUT2D eigenvalue weighted by atomic mass is 16.3. The van der Waals surface area contributed by atoms with Gasteiger partial charge >= 0.3 is 0 Å². The first kappa shape index (κ1) is 22.9. The molecule has 33 heavy (non-hydrogen) atoms. The second kappa shape index (κ2) is 10.6. The first-order valence-electron chi connectivity index (χ1n) is 11.9. The molecule has 0 amide bonds. The molecule has 0 spiro atoms. The molecule has 1 saturated heterocycles. The highest BCUT2D eigenvalue weighted by Gasteiger charge is 2.20. The van der Waals surface area contributed by atoms with Crippen molar-refractivity contribution < 1.29 is 9.52 Å². The monoisotopic (exact) mass is 442 g/mol. The fraction of sp³-hybridized carbons (Fsp3) is 0.310. The lowest BCUT2D eigenvalue weighted by Gasteiger charge is -2.29. The van der Waals surface area contributed by atoms with Crippen LogP contribution in [0.15, 0.2) is 83.5 Å². The Kier molecular flexibility index (Phi) is 7.36. The SMILES string of the molecule is C=C(c1ccc(C(=C2CCN(Cc3ccco3)CC2)c2cccc(O)c2)cc1)N(CC)CC. The van der Waals surface area contributed by atoms with Crippen molar-refractivity contribution in [3.05, 3.63) is 102 Å². The third-order valence-electron chi connectivity index (χ3n) is 6.56. The van der Waals surface area contributed by atoms with Crippen LogP contribution in [-0.4, -0.2) is 41.1 Å². The number of phenols is 1. The van der Waals surface area contributed by atoms with E-state index in [4.69, 9.17) is 4.42 Å². The Labute approximate surface area is 197 Å². The predicted molar refractivity (Wildman–Crippen MR) is 136 cm³/mol. The van der Waals surface area contributed by atoms with Crippen molar-refractivity contribution in [2.75, 3.05) is 26.2 Å². The number of nitrogens with zero attached hydrogens (tertiary/aromatic N) is 2. The summed E-state index contributed by atoms with van der Waals surface area (Å²) >= 11 is 0. The Morgan fingerprint density at radius 2 is 1.64 bits per heavy atom. The van der Waals surface area contributed by atoms with E-state index in [0.717, 1.165) is 68.1 Å². The van der Waals surface area contributed by atoms with E-state index in [-0.39, 0.29) is 0 Å². The maximum Gasteiger partial charge on any atom is 0.117 e. The molecule has 0 unspecified atom stereocenters. The molecule has 4 nitrogen and oxygen atoms in total. The van der Waals surface area contributed by atoms with Crippen molar-refractivity contribution in [2.24, 2.45) is 0 Å². The van der Waals surface area contributed by atoms with Crippen molar-refractivity contribution in [1.82, 2.24) is 9.80 Å². The summed E-state index contributed by atoms with van der Waals surface area (Å²) in [5, 5.41) is 10.2. The van der Waals surface area contributed by atoms with Gasteiger partial charge in [-0.2, -0.15) is 0 Å². The average Bonchev–Trinajstić information content (AvgIpc) is 3.35. The normalized spacial score (nSPS) is 14.3. The number of furan rings is 1. The molecule has 2 heterocycles. The summed E-state index contributed by atoms with van der Waals surface area (Å²) in [7, 11) is 0. The Morgan fingerprint density at radius 3 is 2.24 bits per heavy atom. The highest BCUT2D eigenvalue weighted by molar-refractivity contribution is 5.83. The van der Waals surface area contributed by atoms with E-state index in [2.05, 4.69) is 60.6 Å². The van der Waals surface area contributed by atoms with Crippen LogP contribution in [0.3, 0.4) is 0 Å². The van der Waals surface area contributed by atoms with E-state index >= 15 is 0 Å². The van der Waals surface area contributed by atoms with Crippen LogP contribution >= 0.6 is 0 Å². The number of benzene rings is 2. The first-order chi connectivity index (χ1) is 16.1. The number of hydrogen-bond acceptors (Lipinski definition) is 4. The second-order valence-electron chi connectivity index (χ2n) is 8.58. The molecule has 1 fully saturated rings. The summed E-state index contributed by atoms with van der Waals surface area (Å²) < 4.78 is 5.53. The van der Waals surface area contributed by atoms with Gasteiger partial charge in [0.05, 0.1) is 12.8 Å². The van der Waals surface area contributed by atoms with Gasteiger partial charge in [0.2, 0.25) is 0 Å². The summed E-state index contributed by atoms with van der Waals surface area (Å²) in [4.78, 5) is 4.72. The van der Waals surface area contributed by atoms with Gasteiger partial charge in [-0.1, -0.05) is 48.6 Å². The Morgan fingerprint density at radius 1 is 0.939 bits per heavy atom. The average molecular weight is 443 g/mol. The van der Waals surface area contributed by atoms with Crippen LogP contribution in [0.1, 0.15) is 49.1 Å². The Hall–Kier alpha value is -3.24. The number of aromatic hydroxyl groups is 1. The molecule has 1 aromatic heterocycles. The zero-order chi connectivity index (χ0) is 23.2. The van der Waals surface area contributed by atoms with Crippen LogP contribution in [0.5, 0.6) is 5.75 Å². The summed E-state index contributed by atoms with van der Waals surface area (Å²) in [5.41, 5.74) is 7.14. The molecule has 1 N–H and O–H groups in total. The third kappa shape index (κ3) is 5.40. The first-order valence-corrected chi connectivity index (χ1v) is 11.9. The second-order valence-corrected chi connectivity index (χ2v) is 8.58. The number of hydrogen-bond donors (Lipinski definition) is 1. The van der Waals surface area contributed by atoms with Crippen LogP contribution in [-0.2, 0) is 6.54 Å². The van der Waals surface area contributed by atoms with Crippen LogP contribution in [0.2, 0.25) is 0 Å². The van der Waals surface area contributed by atoms with Crippen molar-refractivity contribution in [3.63, 3.8) is 0 Å². The van der Waals surface area contributed by atoms with Gasteiger partial charge < -0.3 is 14.4 Å². The molecular formula is C29H34N2O2. The molecule has 0 aliphatic carbocycles. The number of piperidine rings is 1. The molecule has 4 rings (SSSR count). The topological polar surface area (TPSA) is 39.9 Å². The van der Waals surface area contributed by atoms with Gasteiger partial charge in [-0.3, -0.25) is 4.90 Å². The summed E-state index contributed by atoms with van der Waals surface area (Å²) in [6.45, 7) is 13.4. The van der Waals surface area contributed by atoms with Crippen molar-refractivity contribution in [1.29, 1.82) is 0 Å². The van der Waals surface area contributed by atoms with Crippen molar-refractivity contribution in [2.45, 2.75) is 33.2 Å². The summed E-state index contributed by atoms with van der Waals surface area (Å²) in [6, 6.07) is 20.4. The zero-order valence-electron chi connectivity index (χ0n) is 19.8. The number of likely N-dealkylation sites (tertiary alicyclic amines) is 1. The molecule has 1 aliphatic rings. The van der Waals surface area contributed by atoms with E-state index in [1.54, 1.807) is 12.3 Å². The number of rotatable bonds is 8. The van der Waals surface area contributed by atoms with Crippen LogP contribution < -0.4 is 0 Å². The maximum absolute atomic E-state index is 10.2. The quantitative estimate of drug-likeness (QED) is 0.438. The van der Waals surface area contributed by atoms with Gasteiger partial charge in [-0.15, -0.1) is 0 Å². The summed E-state index contributed by atoms with van der Waals surface area (Å²) in [6.07, 6.45) is 3.74. The summed E-state index contributed by atoms with van der Waals surface area (Å²) in [5.74, 6) is 1.31. The van der Waals surface area contributed by atoms with E-state index in [0.29, 0.717) is 5.75 Å². The maximum atomic E-state index is 10.2. The lowest BCUT2D eigenvalue weighted by atomic mass is 9.88. The van der Waals surface area contributed by atoms with Crippen molar-refractivity contribution >= 4 is 11.3 Å². The predicted octanol–water partition coefficient (Wildman–Crippen LogP) is 6.40. The van der Waals surface area contributed by atoms with Crippen LogP contribution in [0.4, 0.5) is 0 Å². The molecule has 1 aliphatic heterocycles. The van der Waals surface area contributed by atoms with Gasteiger partial charge in [-0.05, 0) is 73.2 Å². The molecule has 4 heteroatoms. The van der Waals surface area contributed by atoms with E-state index in [1.165, 1.54) is 16.7 Å². The van der Waals surface area contributed by atoms with E-state index in [9.17, 15) is 5.11 Å². The minimum absolute atomic E-state index is 0.299. The zero-order valence-corrected chi connectivity index (χ0v) is 19.8. The Balaban J connectivity index is 1.62. The molecule has 172 valence electrons. The minimum Gasteiger partial charge on any atom is -0.508 e. The van der Waals surface area contributed by atoms with E-state index < -0.39 is 0 Å². The fourth-order valence-corrected chi connectivity index (χ4v) is 4.71. The highest BCUT2D eigenvalue weighted by Crippen LogP contribution is 2.34. The Bertz CT molecular complexity index is 1080. The smallest absolute Gasteiger partial charge is 0.117 e. The van der Waals surface area contributed by atoms with Crippen molar-refractivity contribution in [3.8, 4) is 5.75 Å². The van der Waals surface area contributed by atoms with Gasteiger partial charge in [0, 0.05) is 31.9 Å². The van der Waals surface area contributed by atoms with E-state index in [1.807, 2.05) is 24.3 Å². The molecule has 0 bridgehead atoms. The lowest BCUT2D eigenvalue weighted by molar-refractivity contribution is 0.229. The largest absolute Gasteiger partial charge is 0.508 e. The fourth-order valence-electron chi connectivity index (χ4n) is 4.71. The minimum atomic E-state index is 0.299. The standard InChI is InChI=1S/C29H34N2O2/c1-4-31(5-2)22(3)23-11-13-24(14-12-23)29(26-8-6-9-27(32)20-26)25-15-17-30(18-16-25)21-28-10-7-19-33-28/h6-14,19-20,32H,3-5,15-18,21H2,1-2H3. The van der Waals surface area contributed by atoms with Crippen LogP contribution in [0.25, 0.3) is 11.3 Å². The van der Waals surface area contributed by atoms with Gasteiger partial charge in [0.1, 0.15) is 11.5 Å².